The summed E-state index contributed by atoms with van der Waals surface area (Å²) in [7, 11) is 0. The van der Waals surface area contributed by atoms with Crippen LogP contribution in [0.4, 0.5) is 0 Å². The summed E-state index contributed by atoms with van der Waals surface area (Å²) in [5.41, 5.74) is -0.478. The lowest BCUT2D eigenvalue weighted by Gasteiger charge is -2.38. The van der Waals surface area contributed by atoms with Crippen LogP contribution in [0.1, 0.15) is 47.0 Å². The minimum absolute atomic E-state index is 0.190. The standard InChI is InChI=1S/C13H22O4S/c1-5-16-11(15)13(7-6-8-13)18-9-10(14)17-12(2,3)4/h5-9H2,1-4H3. The number of carbonyl (C=O) groups excluding carboxylic acids is 2. The van der Waals surface area contributed by atoms with Crippen molar-refractivity contribution in [2.24, 2.45) is 0 Å². The van der Waals surface area contributed by atoms with Crippen molar-refractivity contribution in [2.45, 2.75) is 57.3 Å². The molecule has 0 aromatic heterocycles. The maximum atomic E-state index is 11.8. The van der Waals surface area contributed by atoms with E-state index in [4.69, 9.17) is 9.47 Å². The van der Waals surface area contributed by atoms with Gasteiger partial charge in [-0.05, 0) is 47.0 Å². The highest BCUT2D eigenvalue weighted by Gasteiger charge is 2.46. The van der Waals surface area contributed by atoms with Gasteiger partial charge in [0.2, 0.25) is 0 Å². The largest absolute Gasteiger partial charge is 0.465 e. The van der Waals surface area contributed by atoms with Crippen molar-refractivity contribution in [3.05, 3.63) is 0 Å². The Morgan fingerprint density at radius 2 is 1.89 bits per heavy atom. The number of hydrogen-bond donors (Lipinski definition) is 0. The van der Waals surface area contributed by atoms with Crippen molar-refractivity contribution in [1.29, 1.82) is 0 Å². The zero-order chi connectivity index (χ0) is 13.8. The number of hydrogen-bond acceptors (Lipinski definition) is 5. The second-order valence-electron chi connectivity index (χ2n) is 5.44. The highest BCUT2D eigenvalue weighted by molar-refractivity contribution is 8.02. The first-order valence-electron chi connectivity index (χ1n) is 6.32. The van der Waals surface area contributed by atoms with E-state index in [1.807, 2.05) is 20.8 Å². The van der Waals surface area contributed by atoms with E-state index >= 15 is 0 Å². The van der Waals surface area contributed by atoms with Crippen LogP contribution < -0.4 is 0 Å². The minimum Gasteiger partial charge on any atom is -0.465 e. The molecule has 0 saturated heterocycles. The molecule has 0 heterocycles. The van der Waals surface area contributed by atoms with Gasteiger partial charge in [0.05, 0.1) is 12.4 Å². The topological polar surface area (TPSA) is 52.6 Å². The summed E-state index contributed by atoms with van der Waals surface area (Å²) in [6.07, 6.45) is 2.60. The first-order chi connectivity index (χ1) is 8.29. The van der Waals surface area contributed by atoms with Crippen LogP contribution in [0, 0.1) is 0 Å². The molecule has 18 heavy (non-hydrogen) atoms. The maximum absolute atomic E-state index is 11.8. The first kappa shape index (κ1) is 15.3. The Hall–Kier alpha value is -0.710. The fraction of sp³-hybridized carbons (Fsp3) is 0.846. The summed E-state index contributed by atoms with van der Waals surface area (Å²) in [5.74, 6) is -0.260. The van der Waals surface area contributed by atoms with Crippen molar-refractivity contribution >= 4 is 23.7 Å². The number of rotatable bonds is 5. The lowest BCUT2D eigenvalue weighted by molar-refractivity contribution is -0.151. The molecule has 5 heteroatoms. The van der Waals surface area contributed by atoms with Gasteiger partial charge in [0.25, 0.3) is 0 Å². The molecule has 0 aromatic carbocycles. The average Bonchev–Trinajstić information content (AvgIpc) is 2.13. The molecule has 0 aliphatic heterocycles. The molecule has 0 bridgehead atoms. The smallest absolute Gasteiger partial charge is 0.322 e. The summed E-state index contributed by atoms with van der Waals surface area (Å²) in [5, 5.41) is 0. The van der Waals surface area contributed by atoms with Gasteiger partial charge in [-0.15, -0.1) is 11.8 Å². The van der Waals surface area contributed by atoms with Crippen molar-refractivity contribution < 1.29 is 19.1 Å². The molecule has 0 amide bonds. The quantitative estimate of drug-likeness (QED) is 0.721. The highest BCUT2D eigenvalue weighted by atomic mass is 32.2. The molecular formula is C13H22O4S. The predicted octanol–water partition coefficient (Wildman–Crippen LogP) is 2.55. The lowest BCUT2D eigenvalue weighted by atomic mass is 9.84. The average molecular weight is 274 g/mol. The zero-order valence-corrected chi connectivity index (χ0v) is 12.4. The van der Waals surface area contributed by atoms with E-state index in [0.717, 1.165) is 19.3 Å². The Morgan fingerprint density at radius 3 is 2.28 bits per heavy atom. The zero-order valence-electron chi connectivity index (χ0n) is 11.6. The molecule has 0 atom stereocenters. The van der Waals surface area contributed by atoms with Crippen molar-refractivity contribution in [3.63, 3.8) is 0 Å². The molecule has 0 unspecified atom stereocenters. The van der Waals surface area contributed by atoms with Gasteiger partial charge in [-0.25, -0.2) is 0 Å². The first-order valence-corrected chi connectivity index (χ1v) is 7.31. The molecule has 0 aromatic rings. The fourth-order valence-electron chi connectivity index (χ4n) is 1.74. The van der Waals surface area contributed by atoms with Crippen LogP contribution in [0.2, 0.25) is 0 Å². The number of thioether (sulfide) groups is 1. The molecule has 1 fully saturated rings. The Bertz CT molecular complexity index is 315. The van der Waals surface area contributed by atoms with Gasteiger partial charge in [0, 0.05) is 0 Å². The number of esters is 2. The van der Waals surface area contributed by atoms with Gasteiger partial charge in [0.15, 0.2) is 0 Å². The third-order valence-corrected chi connectivity index (χ3v) is 4.20. The summed E-state index contributed by atoms with van der Waals surface area (Å²) < 4.78 is 9.79. The molecule has 1 saturated carbocycles. The van der Waals surface area contributed by atoms with E-state index < -0.39 is 10.3 Å². The van der Waals surface area contributed by atoms with E-state index in [2.05, 4.69) is 0 Å². The molecule has 0 N–H and O–H groups in total. The molecule has 0 radical (unpaired) electrons. The Morgan fingerprint density at radius 1 is 1.28 bits per heavy atom. The van der Waals surface area contributed by atoms with Gasteiger partial charge < -0.3 is 9.47 Å². The van der Waals surface area contributed by atoms with Crippen LogP contribution >= 0.6 is 11.8 Å². The third-order valence-electron chi connectivity index (χ3n) is 2.70. The molecule has 1 aliphatic rings. The van der Waals surface area contributed by atoms with Crippen molar-refractivity contribution in [1.82, 2.24) is 0 Å². The van der Waals surface area contributed by atoms with Crippen LogP contribution in [0.15, 0.2) is 0 Å². The van der Waals surface area contributed by atoms with E-state index in [1.54, 1.807) is 6.92 Å². The van der Waals surface area contributed by atoms with Crippen LogP contribution in [-0.2, 0) is 19.1 Å². The van der Waals surface area contributed by atoms with Crippen LogP contribution in [0.5, 0.6) is 0 Å². The summed E-state index contributed by atoms with van der Waals surface area (Å²) in [4.78, 5) is 23.5. The van der Waals surface area contributed by atoms with E-state index in [-0.39, 0.29) is 17.7 Å². The fourth-order valence-corrected chi connectivity index (χ4v) is 2.94. The molecular weight excluding hydrogens is 252 g/mol. The minimum atomic E-state index is -0.507. The van der Waals surface area contributed by atoms with Crippen LogP contribution in [-0.4, -0.2) is 34.6 Å². The Labute approximate surface area is 113 Å². The van der Waals surface area contributed by atoms with Gasteiger partial charge in [-0.2, -0.15) is 0 Å². The Kier molecular flexibility index (Phi) is 5.08. The summed E-state index contributed by atoms with van der Waals surface area (Å²) in [6, 6.07) is 0. The predicted molar refractivity (Wildman–Crippen MR) is 71.5 cm³/mol. The molecule has 1 rings (SSSR count). The Balaban J connectivity index is 2.45. The summed E-state index contributed by atoms with van der Waals surface area (Å²) in [6.45, 7) is 7.68. The maximum Gasteiger partial charge on any atom is 0.322 e. The number of ether oxygens (including phenoxy) is 2. The van der Waals surface area contributed by atoms with E-state index in [0.29, 0.717) is 6.61 Å². The van der Waals surface area contributed by atoms with E-state index in [1.165, 1.54) is 11.8 Å². The van der Waals surface area contributed by atoms with Crippen molar-refractivity contribution in [2.75, 3.05) is 12.4 Å². The molecule has 0 spiro atoms. The SMILES string of the molecule is CCOC(=O)C1(SCC(=O)OC(C)(C)C)CCC1. The second-order valence-corrected chi connectivity index (χ2v) is 6.80. The summed E-state index contributed by atoms with van der Waals surface area (Å²) >= 11 is 1.36. The van der Waals surface area contributed by atoms with Crippen LogP contribution in [0.3, 0.4) is 0 Å². The number of carbonyl (C=O) groups is 2. The monoisotopic (exact) mass is 274 g/mol. The third kappa shape index (κ3) is 4.19. The van der Waals surface area contributed by atoms with E-state index in [9.17, 15) is 9.59 Å². The normalized spacial score (nSPS) is 17.8. The van der Waals surface area contributed by atoms with Gasteiger partial charge in [0.1, 0.15) is 10.3 Å². The molecule has 4 nitrogen and oxygen atoms in total. The molecule has 104 valence electrons. The van der Waals surface area contributed by atoms with Gasteiger partial charge >= 0.3 is 11.9 Å². The molecule has 1 aliphatic carbocycles. The van der Waals surface area contributed by atoms with Crippen molar-refractivity contribution in [3.8, 4) is 0 Å². The lowest BCUT2D eigenvalue weighted by Crippen LogP contribution is -2.44. The highest BCUT2D eigenvalue weighted by Crippen LogP contribution is 2.45. The second kappa shape index (κ2) is 5.95. The van der Waals surface area contributed by atoms with Gasteiger partial charge in [-0.3, -0.25) is 9.59 Å². The van der Waals surface area contributed by atoms with Crippen LogP contribution in [0.25, 0.3) is 0 Å². The van der Waals surface area contributed by atoms with Gasteiger partial charge in [-0.1, -0.05) is 0 Å².